The lowest BCUT2D eigenvalue weighted by atomic mass is 10.2. The van der Waals surface area contributed by atoms with Crippen LogP contribution in [0.3, 0.4) is 0 Å². The number of furan rings is 1. The minimum atomic E-state index is -0.894. The maximum atomic E-state index is 11.4. The van der Waals surface area contributed by atoms with Gasteiger partial charge in [-0.2, -0.15) is 5.10 Å². The summed E-state index contributed by atoms with van der Waals surface area (Å²) in [5.74, 6) is -0.314. The van der Waals surface area contributed by atoms with Crippen molar-refractivity contribution < 1.29 is 19.2 Å². The molecule has 0 atom stereocenters. The number of imidazole rings is 1. The first-order valence-electron chi connectivity index (χ1n) is 7.55. The SMILES string of the molecule is O=c1[nH]c2cc([N+](=O)[O-])c(N/N=C/C=C/c3ccc([N+](=O)[O-])o3)c([N+](=O)[O-])c2[nH]1. The van der Waals surface area contributed by atoms with Crippen LogP contribution < -0.4 is 11.1 Å². The van der Waals surface area contributed by atoms with Crippen LogP contribution in [0.5, 0.6) is 0 Å². The van der Waals surface area contributed by atoms with Gasteiger partial charge in [-0.25, -0.2) is 4.79 Å². The third-order valence-electron chi connectivity index (χ3n) is 3.54. The van der Waals surface area contributed by atoms with Crippen LogP contribution in [0, 0.1) is 30.3 Å². The number of nitrogens with one attached hydrogen (secondary N) is 3. The lowest BCUT2D eigenvalue weighted by Crippen LogP contribution is -2.02. The van der Waals surface area contributed by atoms with Crippen molar-refractivity contribution in [2.45, 2.75) is 0 Å². The fraction of sp³-hybridized carbons (Fsp3) is 0. The molecule has 0 aliphatic rings. The molecule has 0 aliphatic heterocycles. The number of rotatable bonds is 7. The number of aromatic amines is 2. The highest BCUT2D eigenvalue weighted by Crippen LogP contribution is 2.39. The Kier molecular flexibility index (Phi) is 4.86. The molecule has 2 aromatic heterocycles. The molecule has 29 heavy (non-hydrogen) atoms. The van der Waals surface area contributed by atoms with Gasteiger partial charge in [-0.05, 0) is 18.2 Å². The zero-order chi connectivity index (χ0) is 21.1. The van der Waals surface area contributed by atoms with Crippen molar-refractivity contribution in [1.82, 2.24) is 9.97 Å². The van der Waals surface area contributed by atoms with Crippen LogP contribution in [0.1, 0.15) is 5.76 Å². The Morgan fingerprint density at radius 1 is 1.07 bits per heavy atom. The van der Waals surface area contributed by atoms with E-state index in [1.54, 1.807) is 0 Å². The van der Waals surface area contributed by atoms with E-state index < -0.39 is 43.4 Å². The predicted octanol–water partition coefficient (Wildman–Crippen LogP) is 2.28. The van der Waals surface area contributed by atoms with Gasteiger partial charge in [-0.1, -0.05) is 0 Å². The summed E-state index contributed by atoms with van der Waals surface area (Å²) in [6.07, 6.45) is 3.68. The van der Waals surface area contributed by atoms with Gasteiger partial charge in [-0.15, -0.1) is 0 Å². The van der Waals surface area contributed by atoms with Gasteiger partial charge >= 0.3 is 22.9 Å². The topological polar surface area (TPSA) is 216 Å². The Balaban J connectivity index is 1.91. The van der Waals surface area contributed by atoms with Crippen molar-refractivity contribution in [3.05, 3.63) is 70.9 Å². The first-order valence-corrected chi connectivity index (χ1v) is 7.55. The molecular weight excluding hydrogens is 394 g/mol. The van der Waals surface area contributed by atoms with Gasteiger partial charge < -0.3 is 9.40 Å². The van der Waals surface area contributed by atoms with Gasteiger partial charge in [0.25, 0.3) is 0 Å². The van der Waals surface area contributed by atoms with Crippen molar-refractivity contribution in [3.8, 4) is 0 Å². The quantitative estimate of drug-likeness (QED) is 0.299. The molecule has 15 nitrogen and oxygen atoms in total. The van der Waals surface area contributed by atoms with E-state index in [4.69, 9.17) is 4.42 Å². The number of hydrogen-bond acceptors (Lipinski definition) is 10. The highest BCUT2D eigenvalue weighted by atomic mass is 16.7. The molecule has 1 aromatic carbocycles. The van der Waals surface area contributed by atoms with Crippen molar-refractivity contribution in [1.29, 1.82) is 0 Å². The van der Waals surface area contributed by atoms with Crippen LogP contribution in [-0.2, 0) is 0 Å². The number of anilines is 1. The van der Waals surface area contributed by atoms with Gasteiger partial charge in [0.05, 0.1) is 21.4 Å². The van der Waals surface area contributed by atoms with Gasteiger partial charge in [0.15, 0.2) is 0 Å². The summed E-state index contributed by atoms with van der Waals surface area (Å²) in [6.45, 7) is 0. The van der Waals surface area contributed by atoms with Crippen molar-refractivity contribution in [2.75, 3.05) is 5.43 Å². The Hall–Kier alpha value is -4.82. The lowest BCUT2D eigenvalue weighted by Gasteiger charge is -2.04. The molecule has 0 amide bonds. The van der Waals surface area contributed by atoms with Gasteiger partial charge in [0.1, 0.15) is 16.2 Å². The number of fused-ring (bicyclic) bond motifs is 1. The van der Waals surface area contributed by atoms with E-state index >= 15 is 0 Å². The summed E-state index contributed by atoms with van der Waals surface area (Å²) < 4.78 is 4.88. The van der Waals surface area contributed by atoms with Crippen LogP contribution >= 0.6 is 0 Å². The van der Waals surface area contributed by atoms with Crippen LogP contribution in [-0.4, -0.2) is 31.0 Å². The fourth-order valence-corrected chi connectivity index (χ4v) is 2.40. The third kappa shape index (κ3) is 3.82. The third-order valence-corrected chi connectivity index (χ3v) is 3.54. The number of nitro groups is 3. The molecule has 0 bridgehead atoms. The van der Waals surface area contributed by atoms with Crippen LogP contribution in [0.2, 0.25) is 0 Å². The molecule has 148 valence electrons. The predicted molar refractivity (Wildman–Crippen MR) is 98.7 cm³/mol. The maximum absolute atomic E-state index is 11.4. The average molecular weight is 403 g/mol. The average Bonchev–Trinajstić information content (AvgIpc) is 3.25. The van der Waals surface area contributed by atoms with E-state index in [0.717, 1.165) is 18.3 Å². The molecule has 0 saturated heterocycles. The monoisotopic (exact) mass is 403 g/mol. The number of allylic oxidation sites excluding steroid dienone is 1. The van der Waals surface area contributed by atoms with E-state index in [-0.39, 0.29) is 16.8 Å². The van der Waals surface area contributed by atoms with Crippen LogP contribution in [0.15, 0.2) is 38.6 Å². The number of benzene rings is 1. The molecule has 0 unspecified atom stereocenters. The molecule has 0 radical (unpaired) electrons. The molecule has 3 aromatic rings. The highest BCUT2D eigenvalue weighted by Gasteiger charge is 2.30. The molecule has 0 aliphatic carbocycles. The number of hydrogen-bond donors (Lipinski definition) is 3. The summed E-state index contributed by atoms with van der Waals surface area (Å²) in [5.41, 5.74) is -0.857. The summed E-state index contributed by atoms with van der Waals surface area (Å²) in [4.78, 5) is 46.6. The normalized spacial score (nSPS) is 11.4. The van der Waals surface area contributed by atoms with E-state index in [1.807, 2.05) is 0 Å². The lowest BCUT2D eigenvalue weighted by molar-refractivity contribution is -0.402. The van der Waals surface area contributed by atoms with Gasteiger partial charge in [0, 0.05) is 12.3 Å². The summed E-state index contributed by atoms with van der Waals surface area (Å²) in [5, 5.41) is 36.9. The first kappa shape index (κ1) is 19.0. The zero-order valence-electron chi connectivity index (χ0n) is 14.0. The van der Waals surface area contributed by atoms with E-state index in [1.165, 1.54) is 18.2 Å². The summed E-state index contributed by atoms with van der Waals surface area (Å²) >= 11 is 0. The molecule has 15 heteroatoms. The molecule has 3 N–H and O–H groups in total. The molecule has 3 rings (SSSR count). The largest absolute Gasteiger partial charge is 0.433 e. The molecule has 0 fully saturated rings. The fourth-order valence-electron chi connectivity index (χ4n) is 2.40. The number of nitrogens with zero attached hydrogens (tertiary/aromatic N) is 4. The smallest absolute Gasteiger partial charge is 0.401 e. The summed E-state index contributed by atoms with van der Waals surface area (Å²) in [7, 11) is 0. The van der Waals surface area contributed by atoms with Crippen molar-refractivity contribution in [2.24, 2.45) is 5.10 Å². The second-order valence-electron chi connectivity index (χ2n) is 5.32. The minimum Gasteiger partial charge on any atom is -0.401 e. The molecule has 0 spiro atoms. The minimum absolute atomic E-state index is 0.109. The second-order valence-corrected chi connectivity index (χ2v) is 5.32. The van der Waals surface area contributed by atoms with E-state index in [0.29, 0.717) is 0 Å². The second kappa shape index (κ2) is 7.43. The van der Waals surface area contributed by atoms with Crippen LogP contribution in [0.25, 0.3) is 17.1 Å². The first-order chi connectivity index (χ1) is 13.8. The van der Waals surface area contributed by atoms with E-state index in [2.05, 4.69) is 20.5 Å². The molecular formula is C14H9N7O8. The van der Waals surface area contributed by atoms with Crippen molar-refractivity contribution in [3.63, 3.8) is 0 Å². The molecule has 2 heterocycles. The summed E-state index contributed by atoms with van der Waals surface area (Å²) in [6, 6.07) is 3.44. The standard InChI is InChI=1S/C14H9N7O8/c22-14-16-8-6-9(19(23)24)12(13(21(27)28)11(8)17-14)18-15-5-1-2-7-3-4-10(29-7)20(25)26/h1-6,18H,(H2,16,17,22)/b2-1+,15-5+. The van der Waals surface area contributed by atoms with E-state index in [9.17, 15) is 35.1 Å². The Labute approximate surface area is 157 Å². The number of hydrazone groups is 1. The Morgan fingerprint density at radius 3 is 2.45 bits per heavy atom. The maximum Gasteiger partial charge on any atom is 0.433 e. The Bertz CT molecular complexity index is 1250. The number of aromatic nitrogens is 2. The van der Waals surface area contributed by atoms with Crippen molar-refractivity contribution >= 4 is 46.3 Å². The zero-order valence-corrected chi connectivity index (χ0v) is 14.0. The Morgan fingerprint density at radius 2 is 1.83 bits per heavy atom. The van der Waals surface area contributed by atoms with Crippen LogP contribution in [0.4, 0.5) is 22.9 Å². The highest BCUT2D eigenvalue weighted by molar-refractivity contribution is 5.96. The van der Waals surface area contributed by atoms with Gasteiger partial charge in [-0.3, -0.25) is 40.8 Å². The van der Waals surface area contributed by atoms with Gasteiger partial charge in [0.2, 0.25) is 5.69 Å². The number of nitro benzene ring substituents is 2. The molecule has 0 saturated carbocycles. The number of H-pyrrole nitrogens is 2.